The summed E-state index contributed by atoms with van der Waals surface area (Å²) in [6.07, 6.45) is 7.04. The zero-order valence-corrected chi connectivity index (χ0v) is 13.5. The van der Waals surface area contributed by atoms with E-state index in [0.717, 1.165) is 36.4 Å². The van der Waals surface area contributed by atoms with Gasteiger partial charge in [-0.25, -0.2) is 0 Å². The second-order valence-electron chi connectivity index (χ2n) is 7.22. The van der Waals surface area contributed by atoms with Gasteiger partial charge in [0.05, 0.1) is 0 Å². The average Bonchev–Trinajstić information content (AvgIpc) is 2.38. The Bertz CT molecular complexity index is 256. The van der Waals surface area contributed by atoms with Crippen LogP contribution in [0.25, 0.3) is 0 Å². The molecule has 1 N–H and O–H groups in total. The summed E-state index contributed by atoms with van der Waals surface area (Å²) in [5, 5.41) is 3.76. The van der Waals surface area contributed by atoms with Gasteiger partial charge < -0.3 is 5.32 Å². The van der Waals surface area contributed by atoms with Gasteiger partial charge in [0.25, 0.3) is 0 Å². The molecule has 1 aliphatic carbocycles. The molecule has 112 valence electrons. The standard InChI is InChI=1S/C17H34N2/c1-5-15-7-8-16(18-6-2)17(10-15)19-11-13(3)9-14(4)12-19/h13-18H,5-12H2,1-4H3. The van der Waals surface area contributed by atoms with E-state index in [0.29, 0.717) is 0 Å². The van der Waals surface area contributed by atoms with Crippen LogP contribution in [0.1, 0.15) is 59.8 Å². The second kappa shape index (κ2) is 7.08. The highest BCUT2D eigenvalue weighted by Gasteiger charge is 2.36. The summed E-state index contributed by atoms with van der Waals surface area (Å²) >= 11 is 0. The molecule has 2 rings (SSSR count). The molecule has 5 atom stereocenters. The third-order valence-electron chi connectivity index (χ3n) is 5.33. The molecule has 0 aromatic carbocycles. The number of piperidine rings is 1. The summed E-state index contributed by atoms with van der Waals surface area (Å²) in [5.74, 6) is 2.73. The number of likely N-dealkylation sites (N-methyl/N-ethyl adjacent to an activating group) is 1. The van der Waals surface area contributed by atoms with Gasteiger partial charge in [0, 0.05) is 25.2 Å². The predicted molar refractivity (Wildman–Crippen MR) is 83.4 cm³/mol. The van der Waals surface area contributed by atoms with E-state index in [1.807, 2.05) is 0 Å². The van der Waals surface area contributed by atoms with E-state index in [-0.39, 0.29) is 0 Å². The molecule has 2 aliphatic rings. The van der Waals surface area contributed by atoms with Gasteiger partial charge in [-0.15, -0.1) is 0 Å². The number of nitrogens with one attached hydrogen (secondary N) is 1. The molecule has 0 bridgehead atoms. The SMILES string of the molecule is CCNC1CCC(CC)CC1N1CC(C)CC(C)C1. The summed E-state index contributed by atoms with van der Waals surface area (Å²) in [7, 11) is 0. The molecule has 19 heavy (non-hydrogen) atoms. The van der Waals surface area contributed by atoms with Crippen LogP contribution in [0.2, 0.25) is 0 Å². The molecule has 5 unspecified atom stereocenters. The molecule has 0 spiro atoms. The van der Waals surface area contributed by atoms with Crippen LogP contribution < -0.4 is 5.32 Å². The van der Waals surface area contributed by atoms with Crippen molar-refractivity contribution in [3.05, 3.63) is 0 Å². The highest BCUT2D eigenvalue weighted by atomic mass is 15.2. The Hall–Kier alpha value is -0.0800. The van der Waals surface area contributed by atoms with Crippen LogP contribution in [-0.4, -0.2) is 36.6 Å². The highest BCUT2D eigenvalue weighted by molar-refractivity contribution is 4.93. The Morgan fingerprint density at radius 3 is 2.26 bits per heavy atom. The Labute approximate surface area is 120 Å². The normalized spacial score (nSPS) is 41.4. The van der Waals surface area contributed by atoms with Crippen molar-refractivity contribution in [3.63, 3.8) is 0 Å². The van der Waals surface area contributed by atoms with Crippen molar-refractivity contribution >= 4 is 0 Å². The van der Waals surface area contributed by atoms with Crippen LogP contribution in [0.4, 0.5) is 0 Å². The third-order valence-corrected chi connectivity index (χ3v) is 5.33. The maximum atomic E-state index is 3.76. The van der Waals surface area contributed by atoms with Crippen molar-refractivity contribution in [3.8, 4) is 0 Å². The molecular formula is C17H34N2. The lowest BCUT2D eigenvalue weighted by Crippen LogP contribution is -2.56. The van der Waals surface area contributed by atoms with Gasteiger partial charge in [-0.1, -0.05) is 34.1 Å². The maximum absolute atomic E-state index is 3.76. The Kier molecular flexibility index (Phi) is 5.70. The smallest absolute Gasteiger partial charge is 0.0252 e. The van der Waals surface area contributed by atoms with Crippen LogP contribution in [0.3, 0.4) is 0 Å². The molecule has 1 aliphatic heterocycles. The zero-order chi connectivity index (χ0) is 13.8. The summed E-state index contributed by atoms with van der Waals surface area (Å²) in [4.78, 5) is 2.83. The number of rotatable bonds is 4. The monoisotopic (exact) mass is 266 g/mol. The lowest BCUT2D eigenvalue weighted by atomic mass is 9.78. The zero-order valence-electron chi connectivity index (χ0n) is 13.5. The van der Waals surface area contributed by atoms with Gasteiger partial charge >= 0.3 is 0 Å². The predicted octanol–water partition coefficient (Wildman–Crippen LogP) is 3.52. The fourth-order valence-electron chi connectivity index (χ4n) is 4.49. The van der Waals surface area contributed by atoms with Crippen molar-refractivity contribution in [2.75, 3.05) is 19.6 Å². The molecule has 2 nitrogen and oxygen atoms in total. The first-order valence-corrected chi connectivity index (χ1v) is 8.61. The Balaban J connectivity index is 2.03. The third kappa shape index (κ3) is 3.95. The van der Waals surface area contributed by atoms with Crippen molar-refractivity contribution in [2.45, 2.75) is 71.9 Å². The number of nitrogens with zero attached hydrogens (tertiary/aromatic N) is 1. The van der Waals surface area contributed by atoms with Crippen molar-refractivity contribution in [1.29, 1.82) is 0 Å². The second-order valence-corrected chi connectivity index (χ2v) is 7.22. The molecule has 0 aromatic rings. The van der Waals surface area contributed by atoms with Gasteiger partial charge in [-0.2, -0.15) is 0 Å². The van der Waals surface area contributed by atoms with Crippen LogP contribution in [0.15, 0.2) is 0 Å². The number of hydrogen-bond acceptors (Lipinski definition) is 2. The maximum Gasteiger partial charge on any atom is 0.0252 e. The van der Waals surface area contributed by atoms with Gasteiger partial charge in [-0.3, -0.25) is 4.90 Å². The van der Waals surface area contributed by atoms with Crippen molar-refractivity contribution in [1.82, 2.24) is 10.2 Å². The van der Waals surface area contributed by atoms with E-state index >= 15 is 0 Å². The molecule has 1 heterocycles. The average molecular weight is 266 g/mol. The molecule has 1 saturated heterocycles. The van der Waals surface area contributed by atoms with Gasteiger partial charge in [0.1, 0.15) is 0 Å². The first-order chi connectivity index (χ1) is 9.13. The molecular weight excluding hydrogens is 232 g/mol. The van der Waals surface area contributed by atoms with E-state index in [9.17, 15) is 0 Å². The van der Waals surface area contributed by atoms with Crippen LogP contribution >= 0.6 is 0 Å². The van der Waals surface area contributed by atoms with Crippen LogP contribution in [0.5, 0.6) is 0 Å². The molecule has 2 fully saturated rings. The number of likely N-dealkylation sites (tertiary alicyclic amines) is 1. The van der Waals surface area contributed by atoms with E-state index in [1.165, 1.54) is 45.2 Å². The minimum absolute atomic E-state index is 0.741. The molecule has 0 radical (unpaired) electrons. The first-order valence-electron chi connectivity index (χ1n) is 8.61. The minimum atomic E-state index is 0.741. The Morgan fingerprint density at radius 2 is 1.68 bits per heavy atom. The van der Waals surface area contributed by atoms with E-state index in [4.69, 9.17) is 0 Å². The van der Waals surface area contributed by atoms with Crippen molar-refractivity contribution < 1.29 is 0 Å². The van der Waals surface area contributed by atoms with Gasteiger partial charge in [0.15, 0.2) is 0 Å². The molecule has 1 saturated carbocycles. The largest absolute Gasteiger partial charge is 0.313 e. The van der Waals surface area contributed by atoms with E-state index in [1.54, 1.807) is 0 Å². The Morgan fingerprint density at radius 1 is 1.00 bits per heavy atom. The first kappa shape index (κ1) is 15.3. The number of hydrogen-bond donors (Lipinski definition) is 1. The quantitative estimate of drug-likeness (QED) is 0.837. The molecule has 0 amide bonds. The summed E-state index contributed by atoms with van der Waals surface area (Å²) < 4.78 is 0. The lowest BCUT2D eigenvalue weighted by molar-refractivity contribution is 0.0421. The molecule has 2 heteroatoms. The topological polar surface area (TPSA) is 15.3 Å². The lowest BCUT2D eigenvalue weighted by Gasteiger charge is -2.47. The fourth-order valence-corrected chi connectivity index (χ4v) is 4.49. The van der Waals surface area contributed by atoms with E-state index in [2.05, 4.69) is 37.9 Å². The van der Waals surface area contributed by atoms with Gasteiger partial charge in [-0.05, 0) is 50.0 Å². The summed E-state index contributed by atoms with van der Waals surface area (Å²) in [6.45, 7) is 13.3. The van der Waals surface area contributed by atoms with Crippen molar-refractivity contribution in [2.24, 2.45) is 17.8 Å². The summed E-state index contributed by atoms with van der Waals surface area (Å²) in [5.41, 5.74) is 0. The minimum Gasteiger partial charge on any atom is -0.313 e. The van der Waals surface area contributed by atoms with Gasteiger partial charge in [0.2, 0.25) is 0 Å². The van der Waals surface area contributed by atoms with Crippen LogP contribution in [0, 0.1) is 17.8 Å². The highest BCUT2D eigenvalue weighted by Crippen LogP contribution is 2.33. The molecule has 0 aromatic heterocycles. The summed E-state index contributed by atoms with van der Waals surface area (Å²) in [6, 6.07) is 1.54. The fraction of sp³-hybridized carbons (Fsp3) is 1.00. The van der Waals surface area contributed by atoms with E-state index < -0.39 is 0 Å². The van der Waals surface area contributed by atoms with Crippen LogP contribution in [-0.2, 0) is 0 Å².